The molecule has 1 N–H and O–H groups in total. The minimum Gasteiger partial charge on any atom is -0.479 e. The molecular formula is C16H12FN3O2. The number of nitrogens with one attached hydrogen (secondary N) is 1. The van der Waals surface area contributed by atoms with Crippen LogP contribution in [0.2, 0.25) is 0 Å². The Kier molecular flexibility index (Phi) is 5.21. The number of halogens is 1. The number of rotatable bonds is 5. The molecule has 0 spiro atoms. The lowest BCUT2D eigenvalue weighted by Crippen LogP contribution is -2.17. The maximum Gasteiger partial charge on any atom is 0.271 e. The molecule has 0 radical (unpaired) electrons. The minimum absolute atomic E-state index is 0.0127. The van der Waals surface area contributed by atoms with Crippen molar-refractivity contribution in [3.63, 3.8) is 0 Å². The molecule has 2 rings (SSSR count). The molecule has 0 aliphatic rings. The van der Waals surface area contributed by atoms with E-state index in [9.17, 15) is 9.18 Å². The Morgan fingerprint density at radius 1 is 1.23 bits per heavy atom. The van der Waals surface area contributed by atoms with Crippen LogP contribution in [0, 0.1) is 17.1 Å². The Labute approximate surface area is 126 Å². The summed E-state index contributed by atoms with van der Waals surface area (Å²) in [6.45, 7) is -0.0127. The van der Waals surface area contributed by atoms with Gasteiger partial charge in [-0.1, -0.05) is 0 Å². The van der Waals surface area contributed by atoms with E-state index in [1.54, 1.807) is 24.3 Å². The molecule has 110 valence electrons. The van der Waals surface area contributed by atoms with Gasteiger partial charge in [0.15, 0.2) is 6.61 Å². The topological polar surface area (TPSA) is 74.5 Å². The molecule has 0 atom stereocenters. The van der Waals surface area contributed by atoms with E-state index in [0.717, 1.165) is 5.56 Å². The fourth-order valence-electron chi connectivity index (χ4n) is 1.60. The average Bonchev–Trinajstić information content (AvgIpc) is 2.54. The highest BCUT2D eigenvalue weighted by atomic mass is 19.1. The summed E-state index contributed by atoms with van der Waals surface area (Å²) < 4.78 is 17.9. The van der Waals surface area contributed by atoms with Crippen molar-refractivity contribution in [2.75, 3.05) is 6.61 Å². The third kappa shape index (κ3) is 4.42. The molecule has 0 fully saturated rings. The molecule has 0 bridgehead atoms. The fraction of sp³-hybridized carbons (Fsp3) is 0.0625. The highest BCUT2D eigenvalue weighted by Gasteiger charge is 2.03. The summed E-state index contributed by atoms with van der Waals surface area (Å²) in [4.78, 5) is 11.7. The molecule has 22 heavy (non-hydrogen) atoms. The molecule has 6 heteroatoms. The first-order valence-electron chi connectivity index (χ1n) is 6.38. The second-order valence-corrected chi connectivity index (χ2v) is 4.22. The second-order valence-electron chi connectivity index (χ2n) is 4.22. The molecule has 2 aromatic rings. The van der Waals surface area contributed by atoms with Gasteiger partial charge >= 0.3 is 0 Å². The summed E-state index contributed by atoms with van der Waals surface area (Å²) in [5.41, 5.74) is 3.42. The Morgan fingerprint density at radius 3 is 2.55 bits per heavy atom. The number of hydrogen-bond donors (Lipinski definition) is 1. The van der Waals surface area contributed by atoms with Gasteiger partial charge in [-0.2, -0.15) is 10.4 Å². The van der Waals surface area contributed by atoms with E-state index in [1.807, 2.05) is 6.07 Å². The lowest BCUT2D eigenvalue weighted by atomic mass is 10.2. The number of nitriles is 1. The van der Waals surface area contributed by atoms with Gasteiger partial charge < -0.3 is 4.74 Å². The minimum atomic E-state index is -0.426. The summed E-state index contributed by atoms with van der Waals surface area (Å²) in [6, 6.07) is 13.9. The van der Waals surface area contributed by atoms with Crippen LogP contribution in [-0.2, 0) is 0 Å². The van der Waals surface area contributed by atoms with Gasteiger partial charge in [-0.05, 0) is 54.1 Å². The zero-order chi connectivity index (χ0) is 15.8. The van der Waals surface area contributed by atoms with Crippen molar-refractivity contribution in [3.05, 3.63) is 65.5 Å². The number of amides is 1. The van der Waals surface area contributed by atoms with Gasteiger partial charge in [-0.25, -0.2) is 9.82 Å². The number of ether oxygens (including phenoxy) is 1. The predicted octanol–water partition coefficient (Wildman–Crippen LogP) is 2.49. The Bertz CT molecular complexity index is 704. The standard InChI is InChI=1S/C16H12FN3O2/c17-14-5-3-13(4-6-14)16(21)20-19-11-12-1-7-15(8-2-12)22-10-9-18/h1-8,11H,10H2,(H,20,21)/b19-11+. The molecule has 0 aliphatic heterocycles. The molecule has 0 heterocycles. The summed E-state index contributed by atoms with van der Waals surface area (Å²) in [7, 11) is 0. The van der Waals surface area contributed by atoms with Crippen molar-refractivity contribution >= 4 is 12.1 Å². The van der Waals surface area contributed by atoms with E-state index in [4.69, 9.17) is 10.00 Å². The molecule has 0 saturated heterocycles. The van der Waals surface area contributed by atoms with Crippen molar-refractivity contribution in [2.45, 2.75) is 0 Å². The van der Waals surface area contributed by atoms with Gasteiger partial charge in [0, 0.05) is 5.56 Å². The number of nitrogens with zero attached hydrogens (tertiary/aromatic N) is 2. The van der Waals surface area contributed by atoms with Crippen LogP contribution in [0.4, 0.5) is 4.39 Å². The van der Waals surface area contributed by atoms with Gasteiger partial charge in [0.1, 0.15) is 17.6 Å². The number of carbonyl (C=O) groups is 1. The summed E-state index contributed by atoms with van der Waals surface area (Å²) >= 11 is 0. The smallest absolute Gasteiger partial charge is 0.271 e. The third-order valence-corrected chi connectivity index (χ3v) is 2.67. The van der Waals surface area contributed by atoms with Gasteiger partial charge in [0.05, 0.1) is 6.21 Å². The summed E-state index contributed by atoms with van der Waals surface area (Å²) in [5.74, 6) is -0.252. The fourth-order valence-corrected chi connectivity index (χ4v) is 1.60. The zero-order valence-corrected chi connectivity index (χ0v) is 11.5. The van der Waals surface area contributed by atoms with Crippen LogP contribution >= 0.6 is 0 Å². The molecule has 0 aliphatic carbocycles. The Balaban J connectivity index is 1.90. The molecule has 1 amide bonds. The van der Waals surface area contributed by atoms with Crippen molar-refractivity contribution in [1.29, 1.82) is 5.26 Å². The number of hydrazone groups is 1. The predicted molar refractivity (Wildman–Crippen MR) is 79.0 cm³/mol. The monoisotopic (exact) mass is 297 g/mol. The third-order valence-electron chi connectivity index (χ3n) is 2.67. The number of carbonyl (C=O) groups excluding carboxylic acids is 1. The lowest BCUT2D eigenvalue weighted by molar-refractivity contribution is 0.0955. The van der Waals surface area contributed by atoms with Crippen molar-refractivity contribution in [3.8, 4) is 11.8 Å². The van der Waals surface area contributed by atoms with Gasteiger partial charge in [-0.15, -0.1) is 0 Å². The number of benzene rings is 2. The quantitative estimate of drug-likeness (QED) is 0.680. The summed E-state index contributed by atoms with van der Waals surface area (Å²) in [5, 5.41) is 12.2. The first-order valence-corrected chi connectivity index (χ1v) is 6.38. The van der Waals surface area contributed by atoms with E-state index < -0.39 is 11.7 Å². The molecule has 0 aromatic heterocycles. The number of hydrogen-bond acceptors (Lipinski definition) is 4. The molecule has 0 unspecified atom stereocenters. The van der Waals surface area contributed by atoms with E-state index in [-0.39, 0.29) is 6.61 Å². The summed E-state index contributed by atoms with van der Waals surface area (Å²) in [6.07, 6.45) is 1.47. The SMILES string of the molecule is N#CCOc1ccc(/C=N/NC(=O)c2ccc(F)cc2)cc1. The van der Waals surface area contributed by atoms with Crippen LogP contribution in [0.3, 0.4) is 0 Å². The highest BCUT2D eigenvalue weighted by molar-refractivity contribution is 5.94. The van der Waals surface area contributed by atoms with Crippen molar-refractivity contribution < 1.29 is 13.9 Å². The highest BCUT2D eigenvalue weighted by Crippen LogP contribution is 2.10. The van der Waals surface area contributed by atoms with E-state index >= 15 is 0 Å². The average molecular weight is 297 g/mol. The van der Waals surface area contributed by atoms with E-state index in [2.05, 4.69) is 10.5 Å². The molecule has 0 saturated carbocycles. The van der Waals surface area contributed by atoms with Crippen molar-refractivity contribution in [1.82, 2.24) is 5.43 Å². The molecular weight excluding hydrogens is 285 g/mol. The van der Waals surface area contributed by atoms with Crippen LogP contribution in [-0.4, -0.2) is 18.7 Å². The molecule has 5 nitrogen and oxygen atoms in total. The second kappa shape index (κ2) is 7.55. The Hall–Kier alpha value is -3.20. The van der Waals surface area contributed by atoms with Crippen LogP contribution < -0.4 is 10.2 Å². The van der Waals surface area contributed by atoms with E-state index in [1.165, 1.54) is 30.5 Å². The van der Waals surface area contributed by atoms with Crippen molar-refractivity contribution in [2.24, 2.45) is 5.10 Å². The van der Waals surface area contributed by atoms with Crippen LogP contribution in [0.25, 0.3) is 0 Å². The van der Waals surface area contributed by atoms with Gasteiger partial charge in [0.25, 0.3) is 5.91 Å². The van der Waals surface area contributed by atoms with Gasteiger partial charge in [0.2, 0.25) is 0 Å². The van der Waals surface area contributed by atoms with E-state index in [0.29, 0.717) is 11.3 Å². The molecule has 2 aromatic carbocycles. The lowest BCUT2D eigenvalue weighted by Gasteiger charge is -2.01. The van der Waals surface area contributed by atoms with Crippen LogP contribution in [0.5, 0.6) is 5.75 Å². The largest absolute Gasteiger partial charge is 0.479 e. The first kappa shape index (κ1) is 15.2. The first-order chi connectivity index (χ1) is 10.7. The maximum atomic E-state index is 12.7. The maximum absolute atomic E-state index is 12.7. The van der Waals surface area contributed by atoms with Crippen LogP contribution in [0.15, 0.2) is 53.6 Å². The Morgan fingerprint density at radius 2 is 1.91 bits per heavy atom. The van der Waals surface area contributed by atoms with Crippen LogP contribution in [0.1, 0.15) is 15.9 Å². The normalized spacial score (nSPS) is 10.2. The van der Waals surface area contributed by atoms with Gasteiger partial charge in [-0.3, -0.25) is 4.79 Å². The zero-order valence-electron chi connectivity index (χ0n) is 11.5.